The largest absolute Gasteiger partial charge is 0.497 e. The van der Waals surface area contributed by atoms with Crippen LogP contribution < -0.4 is 10.1 Å². The number of aliphatic carboxylic acids is 1. The number of methoxy groups -OCH3 is 1. The van der Waals surface area contributed by atoms with E-state index in [9.17, 15) is 14.4 Å². The van der Waals surface area contributed by atoms with E-state index in [2.05, 4.69) is 5.32 Å². The zero-order valence-electron chi connectivity index (χ0n) is 14.9. The number of benzene rings is 1. The van der Waals surface area contributed by atoms with Crippen LogP contribution in [0.2, 0.25) is 0 Å². The highest BCUT2D eigenvalue weighted by Crippen LogP contribution is 2.32. The van der Waals surface area contributed by atoms with Gasteiger partial charge in [-0.3, -0.25) is 19.3 Å². The van der Waals surface area contributed by atoms with E-state index in [1.54, 1.807) is 13.2 Å². The molecule has 1 saturated heterocycles. The van der Waals surface area contributed by atoms with Crippen LogP contribution in [0.4, 0.5) is 0 Å². The molecule has 1 aliphatic heterocycles. The molecule has 1 aromatic carbocycles. The third-order valence-corrected chi connectivity index (χ3v) is 5.20. The van der Waals surface area contributed by atoms with Crippen LogP contribution in [0.25, 0.3) is 6.08 Å². The summed E-state index contributed by atoms with van der Waals surface area (Å²) in [5.74, 6) is -0.927. The van der Waals surface area contributed by atoms with Crippen molar-refractivity contribution >= 4 is 52.2 Å². The van der Waals surface area contributed by atoms with Crippen LogP contribution in [0.5, 0.6) is 5.75 Å². The normalized spacial score (nSPS) is 16.5. The maximum Gasteiger partial charge on any atom is 0.325 e. The molecule has 144 valence electrons. The first-order chi connectivity index (χ1) is 12.8. The molecular weight excluding hydrogens is 388 g/mol. The molecule has 0 bridgehead atoms. The summed E-state index contributed by atoms with van der Waals surface area (Å²) in [5, 5.41) is 11.2. The van der Waals surface area contributed by atoms with E-state index < -0.39 is 12.0 Å². The van der Waals surface area contributed by atoms with Gasteiger partial charge in [-0.2, -0.15) is 0 Å². The number of carboxylic acids is 1. The molecule has 9 heteroatoms. The van der Waals surface area contributed by atoms with E-state index in [0.29, 0.717) is 22.2 Å². The molecule has 0 aromatic heterocycles. The summed E-state index contributed by atoms with van der Waals surface area (Å²) in [6.07, 6.45) is 2.27. The number of carbonyl (C=O) groups excluding carboxylic acids is 2. The van der Waals surface area contributed by atoms with Gasteiger partial charge in [-0.05, 0) is 37.1 Å². The predicted molar refractivity (Wildman–Crippen MR) is 107 cm³/mol. The monoisotopic (exact) mass is 408 g/mol. The van der Waals surface area contributed by atoms with Gasteiger partial charge in [0.1, 0.15) is 16.1 Å². The minimum Gasteiger partial charge on any atom is -0.497 e. The first-order valence-electron chi connectivity index (χ1n) is 8.23. The zero-order chi connectivity index (χ0) is 20.0. The Labute approximate surface area is 166 Å². The van der Waals surface area contributed by atoms with Gasteiger partial charge >= 0.3 is 5.97 Å². The van der Waals surface area contributed by atoms with Crippen molar-refractivity contribution in [1.82, 2.24) is 10.2 Å². The van der Waals surface area contributed by atoms with Gasteiger partial charge in [0.2, 0.25) is 5.91 Å². The lowest BCUT2D eigenvalue weighted by Crippen LogP contribution is -2.38. The van der Waals surface area contributed by atoms with E-state index in [4.69, 9.17) is 22.1 Å². The fourth-order valence-corrected chi connectivity index (χ4v) is 3.63. The summed E-state index contributed by atoms with van der Waals surface area (Å²) in [6, 6.07) is 6.37. The maximum absolute atomic E-state index is 12.5. The third-order valence-electron chi connectivity index (χ3n) is 3.82. The van der Waals surface area contributed by atoms with E-state index in [0.717, 1.165) is 11.3 Å². The highest BCUT2D eigenvalue weighted by molar-refractivity contribution is 8.26. The van der Waals surface area contributed by atoms with Crippen molar-refractivity contribution in [3.05, 3.63) is 34.7 Å². The third kappa shape index (κ3) is 5.80. The first-order valence-corrected chi connectivity index (χ1v) is 9.46. The van der Waals surface area contributed by atoms with Crippen molar-refractivity contribution in [3.8, 4) is 5.75 Å². The molecule has 1 unspecified atom stereocenters. The van der Waals surface area contributed by atoms with Gasteiger partial charge in [0.15, 0.2) is 0 Å². The second-order valence-corrected chi connectivity index (χ2v) is 7.51. The van der Waals surface area contributed by atoms with Crippen LogP contribution in [0.1, 0.15) is 25.3 Å². The van der Waals surface area contributed by atoms with Crippen molar-refractivity contribution in [2.75, 3.05) is 13.7 Å². The Hall–Kier alpha value is -2.39. The molecule has 0 spiro atoms. The Morgan fingerprint density at radius 2 is 2.04 bits per heavy atom. The topological polar surface area (TPSA) is 95.9 Å². The van der Waals surface area contributed by atoms with E-state index in [1.807, 2.05) is 24.3 Å². The number of nitrogens with one attached hydrogen (secondary N) is 1. The summed E-state index contributed by atoms with van der Waals surface area (Å²) >= 11 is 6.48. The van der Waals surface area contributed by atoms with E-state index >= 15 is 0 Å². The number of thioether (sulfide) groups is 1. The second kappa shape index (κ2) is 9.52. The highest BCUT2D eigenvalue weighted by Gasteiger charge is 2.31. The number of amides is 2. The van der Waals surface area contributed by atoms with Crippen molar-refractivity contribution in [1.29, 1.82) is 0 Å². The van der Waals surface area contributed by atoms with Crippen molar-refractivity contribution in [3.63, 3.8) is 0 Å². The Morgan fingerprint density at radius 1 is 1.37 bits per heavy atom. The summed E-state index contributed by atoms with van der Waals surface area (Å²) in [5.41, 5.74) is 0.860. The molecule has 1 heterocycles. The number of hydrogen-bond donors (Lipinski definition) is 2. The fraction of sp³-hybridized carbons (Fsp3) is 0.333. The lowest BCUT2D eigenvalue weighted by atomic mass is 10.2. The Morgan fingerprint density at radius 3 is 2.63 bits per heavy atom. The highest BCUT2D eigenvalue weighted by atomic mass is 32.2. The van der Waals surface area contributed by atoms with Crippen molar-refractivity contribution < 1.29 is 24.2 Å². The van der Waals surface area contributed by atoms with Crippen molar-refractivity contribution in [2.24, 2.45) is 0 Å². The molecule has 2 N–H and O–H groups in total. The van der Waals surface area contributed by atoms with Gasteiger partial charge in [-0.15, -0.1) is 0 Å². The van der Waals surface area contributed by atoms with Gasteiger partial charge in [-0.25, -0.2) is 0 Å². The van der Waals surface area contributed by atoms with Gasteiger partial charge in [-0.1, -0.05) is 36.1 Å². The van der Waals surface area contributed by atoms with Crippen LogP contribution in [-0.2, 0) is 14.4 Å². The van der Waals surface area contributed by atoms with Crippen LogP contribution in [0.15, 0.2) is 29.2 Å². The smallest absolute Gasteiger partial charge is 0.325 e. The molecule has 2 rings (SSSR count). The predicted octanol–water partition coefficient (Wildman–Crippen LogP) is 2.27. The lowest BCUT2D eigenvalue weighted by molar-refractivity contribution is -0.141. The average Bonchev–Trinajstić information content (AvgIpc) is 2.89. The fourth-order valence-electron chi connectivity index (χ4n) is 2.32. The molecule has 27 heavy (non-hydrogen) atoms. The molecule has 1 aromatic rings. The number of ether oxygens (including phenoxy) is 1. The molecule has 2 amide bonds. The first kappa shape index (κ1) is 20.9. The molecule has 0 saturated carbocycles. The van der Waals surface area contributed by atoms with Crippen LogP contribution in [-0.4, -0.2) is 51.8 Å². The number of carbonyl (C=O) groups is 3. The van der Waals surface area contributed by atoms with E-state index in [1.165, 1.54) is 23.6 Å². The minimum atomic E-state index is -1.09. The Kier molecular flexibility index (Phi) is 7.37. The quantitative estimate of drug-likeness (QED) is 0.503. The van der Waals surface area contributed by atoms with Gasteiger partial charge in [0.25, 0.3) is 5.91 Å². The Bertz CT molecular complexity index is 776. The maximum atomic E-state index is 12.5. The molecule has 0 radical (unpaired) electrons. The number of carboxylic acid groups (broad SMARTS) is 1. The molecule has 7 nitrogen and oxygen atoms in total. The van der Waals surface area contributed by atoms with Crippen molar-refractivity contribution in [2.45, 2.75) is 25.8 Å². The van der Waals surface area contributed by atoms with E-state index in [-0.39, 0.29) is 18.2 Å². The number of thiocarbonyl (C=S) groups is 1. The summed E-state index contributed by atoms with van der Waals surface area (Å²) in [6.45, 7) is 1.70. The van der Waals surface area contributed by atoms with Gasteiger partial charge in [0, 0.05) is 13.0 Å². The summed E-state index contributed by atoms with van der Waals surface area (Å²) < 4.78 is 5.55. The molecule has 0 aliphatic carbocycles. The number of hydrogen-bond acceptors (Lipinski definition) is 6. The average molecular weight is 409 g/mol. The van der Waals surface area contributed by atoms with Crippen LogP contribution in [0, 0.1) is 0 Å². The Balaban J connectivity index is 1.90. The molecule has 1 atom stereocenters. The van der Waals surface area contributed by atoms with Gasteiger partial charge < -0.3 is 15.2 Å². The standard InChI is InChI=1S/C18H20N2O5S2/c1-11(17(23)24)19-15(21)4-3-9-20-16(22)14(27-18(20)26)10-12-5-7-13(25-2)8-6-12/h5-8,10-11H,3-4,9H2,1-2H3,(H,19,21)(H,23,24)/b14-10-. The minimum absolute atomic E-state index is 0.117. The summed E-state index contributed by atoms with van der Waals surface area (Å²) in [7, 11) is 1.59. The molecular formula is C18H20N2O5S2. The zero-order valence-corrected chi connectivity index (χ0v) is 16.6. The van der Waals surface area contributed by atoms with Crippen LogP contribution in [0.3, 0.4) is 0 Å². The lowest BCUT2D eigenvalue weighted by Gasteiger charge is -2.14. The SMILES string of the molecule is COc1ccc(/C=C2\SC(=S)N(CCCC(=O)NC(C)C(=O)O)C2=O)cc1. The number of nitrogens with zero attached hydrogens (tertiary/aromatic N) is 1. The summed E-state index contributed by atoms with van der Waals surface area (Å²) in [4.78, 5) is 37.0. The number of rotatable bonds is 8. The second-order valence-electron chi connectivity index (χ2n) is 5.84. The van der Waals surface area contributed by atoms with Crippen LogP contribution >= 0.6 is 24.0 Å². The molecule has 1 fully saturated rings. The van der Waals surface area contributed by atoms with Gasteiger partial charge in [0.05, 0.1) is 12.0 Å². The molecule has 1 aliphatic rings.